The fourth-order valence-corrected chi connectivity index (χ4v) is 8.94. The summed E-state index contributed by atoms with van der Waals surface area (Å²) in [6.07, 6.45) is 11.9. The van der Waals surface area contributed by atoms with Gasteiger partial charge >= 0.3 is 0 Å². The van der Waals surface area contributed by atoms with Crippen LogP contribution < -0.4 is 20.9 Å². The Morgan fingerprint density at radius 2 is 1.66 bits per heavy atom. The minimum absolute atomic E-state index is 0.216. The third-order valence-electron chi connectivity index (χ3n) is 9.23. The first-order valence-corrected chi connectivity index (χ1v) is 14.4. The second kappa shape index (κ2) is 9.76. The summed E-state index contributed by atoms with van der Waals surface area (Å²) in [7, 11) is -1.69. The molecule has 3 aliphatic carbocycles. The minimum Gasteiger partial charge on any atom is -0.349 e. The van der Waals surface area contributed by atoms with Crippen molar-refractivity contribution in [3.05, 3.63) is 0 Å². The molecule has 3 saturated carbocycles. The molecule has 32 heavy (non-hydrogen) atoms. The highest BCUT2D eigenvalue weighted by Gasteiger charge is 2.47. The van der Waals surface area contributed by atoms with Gasteiger partial charge in [0, 0.05) is 12.1 Å². The van der Waals surface area contributed by atoms with E-state index >= 15 is 0 Å². The monoisotopic (exact) mass is 470 g/mol. The number of hydrogen-bond donors (Lipinski definition) is 4. The molecule has 5 fully saturated rings. The molecule has 0 aromatic carbocycles. The van der Waals surface area contributed by atoms with Crippen LogP contribution in [-0.4, -0.2) is 58.0 Å². The number of nitrogens with one attached hydrogen (secondary N) is 4. The van der Waals surface area contributed by atoms with Crippen molar-refractivity contribution in [2.24, 2.45) is 23.7 Å². The molecule has 10 unspecified atom stereocenters. The van der Waals surface area contributed by atoms with Gasteiger partial charge in [0.2, 0.25) is 10.0 Å². The number of hydrogen-bond acceptors (Lipinski definition) is 7. The Bertz CT molecular complexity index is 752. The molecule has 8 nitrogen and oxygen atoms in total. The van der Waals surface area contributed by atoms with Crippen LogP contribution in [0.25, 0.3) is 0 Å². The Hall–Kier alpha value is -0.290. The summed E-state index contributed by atoms with van der Waals surface area (Å²) in [6, 6.07) is 0.805. The van der Waals surface area contributed by atoms with Crippen molar-refractivity contribution in [2.45, 2.75) is 107 Å². The number of rotatable bonds is 5. The van der Waals surface area contributed by atoms with Crippen LogP contribution in [0.4, 0.5) is 0 Å². The Kier molecular flexibility index (Phi) is 7.15. The van der Waals surface area contributed by atoms with Gasteiger partial charge in [-0.05, 0) is 82.1 Å². The number of ether oxygens (including phenoxy) is 2. The van der Waals surface area contributed by atoms with Gasteiger partial charge in [0.1, 0.15) is 6.79 Å². The van der Waals surface area contributed by atoms with Gasteiger partial charge in [-0.25, -0.2) is 18.6 Å². The summed E-state index contributed by atoms with van der Waals surface area (Å²) in [5.74, 6) is 1.81. The van der Waals surface area contributed by atoms with E-state index in [-0.39, 0.29) is 29.5 Å². The van der Waals surface area contributed by atoms with Crippen LogP contribution >= 0.6 is 0 Å². The summed E-state index contributed by atoms with van der Waals surface area (Å²) in [6.45, 7) is 2.54. The van der Waals surface area contributed by atoms with E-state index in [0.29, 0.717) is 36.6 Å². The fraction of sp³-hybridized carbons (Fsp3) is 1.00. The quantitative estimate of drug-likeness (QED) is 0.486. The molecule has 0 aromatic rings. The zero-order chi connectivity index (χ0) is 22.3. The summed E-state index contributed by atoms with van der Waals surface area (Å²) in [5.41, 5.74) is 7.35. The highest BCUT2D eigenvalue weighted by Crippen LogP contribution is 2.43. The molecule has 5 rings (SSSR count). The van der Waals surface area contributed by atoms with Crippen molar-refractivity contribution >= 4 is 10.0 Å². The fourth-order valence-electron chi connectivity index (χ4n) is 7.39. The van der Waals surface area contributed by atoms with E-state index in [1.54, 1.807) is 7.05 Å². The second-order valence-electron chi connectivity index (χ2n) is 10.9. The van der Waals surface area contributed by atoms with Crippen LogP contribution in [-0.2, 0) is 19.5 Å². The van der Waals surface area contributed by atoms with E-state index in [0.717, 1.165) is 38.5 Å². The maximum absolute atomic E-state index is 12.7. The second-order valence-corrected chi connectivity index (χ2v) is 13.1. The molecule has 2 saturated heterocycles. The first-order chi connectivity index (χ1) is 15.5. The van der Waals surface area contributed by atoms with Crippen molar-refractivity contribution < 1.29 is 17.9 Å². The average Bonchev–Trinajstić information content (AvgIpc) is 3.28. The zero-order valence-electron chi connectivity index (χ0n) is 19.6. The molecule has 9 heteroatoms. The molecule has 0 radical (unpaired) electrons. The van der Waals surface area contributed by atoms with Crippen molar-refractivity contribution in [1.29, 1.82) is 0 Å². The van der Waals surface area contributed by atoms with Gasteiger partial charge in [-0.15, -0.1) is 0 Å². The van der Waals surface area contributed by atoms with Crippen LogP contribution in [0.2, 0.25) is 0 Å². The predicted octanol–water partition coefficient (Wildman–Crippen LogP) is 1.83. The molecule has 2 heterocycles. The van der Waals surface area contributed by atoms with Gasteiger partial charge in [0.15, 0.2) is 0 Å². The molecule has 4 N–H and O–H groups in total. The van der Waals surface area contributed by atoms with Crippen molar-refractivity contribution in [1.82, 2.24) is 20.9 Å². The number of sulfonamides is 1. The Labute approximate surface area is 193 Å². The summed E-state index contributed by atoms with van der Waals surface area (Å²) in [4.78, 5) is 0. The van der Waals surface area contributed by atoms with Gasteiger partial charge in [0.05, 0.1) is 23.6 Å². The van der Waals surface area contributed by atoms with Crippen LogP contribution in [0.15, 0.2) is 0 Å². The van der Waals surface area contributed by atoms with Crippen molar-refractivity contribution in [3.63, 3.8) is 0 Å². The van der Waals surface area contributed by atoms with E-state index in [2.05, 4.69) is 27.8 Å². The number of fused-ring (bicyclic) bond motifs is 2. The summed E-state index contributed by atoms with van der Waals surface area (Å²) in [5, 5.41) is 3.64. The highest BCUT2D eigenvalue weighted by molar-refractivity contribution is 7.90. The molecule has 0 aromatic heterocycles. The lowest BCUT2D eigenvalue weighted by atomic mass is 9.66. The first kappa shape index (κ1) is 23.5. The molecule has 2 aliphatic heterocycles. The summed E-state index contributed by atoms with van der Waals surface area (Å²) < 4.78 is 39.4. The smallest absolute Gasteiger partial charge is 0.214 e. The van der Waals surface area contributed by atoms with Crippen molar-refractivity contribution in [3.8, 4) is 0 Å². The van der Waals surface area contributed by atoms with Gasteiger partial charge in [0.25, 0.3) is 0 Å². The van der Waals surface area contributed by atoms with Gasteiger partial charge in [-0.3, -0.25) is 10.7 Å². The van der Waals surface area contributed by atoms with E-state index in [1.165, 1.54) is 25.7 Å². The van der Waals surface area contributed by atoms with Gasteiger partial charge in [-0.2, -0.15) is 0 Å². The Morgan fingerprint density at radius 1 is 0.875 bits per heavy atom. The normalized spacial score (nSPS) is 47.6. The maximum atomic E-state index is 12.7. The largest absolute Gasteiger partial charge is 0.349 e. The molecule has 0 amide bonds. The molecule has 0 spiro atoms. The third kappa shape index (κ3) is 4.63. The molecular formula is C23H42N4O4S. The van der Waals surface area contributed by atoms with E-state index in [4.69, 9.17) is 9.47 Å². The first-order valence-electron chi connectivity index (χ1n) is 12.9. The van der Waals surface area contributed by atoms with E-state index in [1.807, 2.05) is 0 Å². The van der Waals surface area contributed by atoms with E-state index < -0.39 is 10.0 Å². The third-order valence-corrected chi connectivity index (χ3v) is 11.3. The summed E-state index contributed by atoms with van der Waals surface area (Å²) >= 11 is 0. The van der Waals surface area contributed by atoms with Crippen LogP contribution in [0.3, 0.4) is 0 Å². The van der Waals surface area contributed by atoms with E-state index in [9.17, 15) is 8.42 Å². The zero-order valence-corrected chi connectivity index (χ0v) is 20.4. The van der Waals surface area contributed by atoms with Gasteiger partial charge in [-0.1, -0.05) is 19.8 Å². The molecule has 184 valence electrons. The molecule has 10 atom stereocenters. The van der Waals surface area contributed by atoms with Crippen LogP contribution in [0.1, 0.15) is 71.1 Å². The van der Waals surface area contributed by atoms with Crippen LogP contribution in [0, 0.1) is 23.7 Å². The lowest BCUT2D eigenvalue weighted by Gasteiger charge is -2.52. The predicted molar refractivity (Wildman–Crippen MR) is 123 cm³/mol. The highest BCUT2D eigenvalue weighted by atomic mass is 32.2. The Morgan fingerprint density at radius 3 is 2.47 bits per heavy atom. The number of hydrazine groups is 1. The lowest BCUT2D eigenvalue weighted by molar-refractivity contribution is 0.00878. The maximum Gasteiger partial charge on any atom is 0.214 e. The van der Waals surface area contributed by atoms with Gasteiger partial charge < -0.3 is 9.47 Å². The van der Waals surface area contributed by atoms with Crippen LogP contribution in [0.5, 0.6) is 0 Å². The minimum atomic E-state index is -3.24. The van der Waals surface area contributed by atoms with Crippen molar-refractivity contribution in [2.75, 3.05) is 13.8 Å². The molecular weight excluding hydrogens is 428 g/mol. The average molecular weight is 471 g/mol. The SMILES string of the molecule is CNS(=O)(=O)C1CC(C2NNC(NC3CCC4OCOC4C3)C3CCCCC32)CCC1C. The Balaban J connectivity index is 1.25. The molecule has 0 bridgehead atoms. The standard InChI is InChI=1S/C23H42N4O4S/c1-14-7-8-15(11-21(14)32(28,29)24-2)22-17-5-3-4-6-18(17)23(27-26-22)25-16-9-10-19-20(12-16)31-13-30-19/h14-27H,3-13H2,1-2H3. The lowest BCUT2D eigenvalue weighted by Crippen LogP contribution is -2.69. The molecule has 5 aliphatic rings. The topological polar surface area (TPSA) is 101 Å².